The Kier molecular flexibility index (Phi) is 11.0. The summed E-state index contributed by atoms with van der Waals surface area (Å²) >= 11 is 0.0616. The molecule has 4 aromatic carbocycles. The van der Waals surface area contributed by atoms with E-state index in [1.807, 2.05) is 41.8 Å². The molecule has 0 saturated heterocycles. The van der Waals surface area contributed by atoms with Crippen molar-refractivity contribution < 1.29 is 20.1 Å². The van der Waals surface area contributed by atoms with E-state index in [4.69, 9.17) is 4.98 Å². The van der Waals surface area contributed by atoms with E-state index in [0.717, 1.165) is 22.5 Å². The standard InChI is InChI=1S/C27H22NS.C15H18GeN.Ir/c1-17(2)23-15-25(28-16-18(23)3)22-11-7-10-21-24-14-20(19-8-5-4-6-9-19)12-13-26(24)29-27(21)22;1-12-10-15(13-8-6-5-7-9-13)17-11-14(12)16(2,3)4;/h4-10,12-17H,1-3H3;5-8,10-11H,1-4H3;/q2*-1;. The van der Waals surface area contributed by atoms with Gasteiger partial charge in [-0.2, -0.15) is 11.3 Å². The first kappa shape index (κ1) is 34.9. The molecule has 7 rings (SSSR count). The Morgan fingerprint density at radius 3 is 2.11 bits per heavy atom. The van der Waals surface area contributed by atoms with Gasteiger partial charge in [0.25, 0.3) is 0 Å². The summed E-state index contributed by atoms with van der Waals surface area (Å²) in [6.45, 7) is 8.81. The molecule has 7 aromatic rings. The Labute approximate surface area is 300 Å². The van der Waals surface area contributed by atoms with Crippen LogP contribution >= 0.6 is 11.3 Å². The first-order chi connectivity index (χ1) is 22.1. The van der Waals surface area contributed by atoms with E-state index in [0.29, 0.717) is 5.92 Å². The molecule has 3 heterocycles. The van der Waals surface area contributed by atoms with Crippen LogP contribution in [-0.4, -0.2) is 23.2 Å². The first-order valence-corrected chi connectivity index (χ1v) is 24.1. The normalized spacial score (nSPS) is 11.3. The van der Waals surface area contributed by atoms with Gasteiger partial charge in [0, 0.05) is 31.0 Å². The van der Waals surface area contributed by atoms with Gasteiger partial charge in [0.15, 0.2) is 0 Å². The van der Waals surface area contributed by atoms with Gasteiger partial charge < -0.3 is 4.98 Å². The number of benzene rings is 4. The van der Waals surface area contributed by atoms with Crippen LogP contribution in [0.3, 0.4) is 0 Å². The smallest absolute Gasteiger partial charge is 0.0240 e. The second-order valence-corrected chi connectivity index (χ2v) is 24.9. The van der Waals surface area contributed by atoms with Crippen molar-refractivity contribution >= 4 is 49.2 Å². The number of thiophene rings is 1. The quantitative estimate of drug-likeness (QED) is 0.127. The third kappa shape index (κ3) is 7.68. The van der Waals surface area contributed by atoms with Crippen LogP contribution in [0.5, 0.6) is 0 Å². The third-order valence-corrected chi connectivity index (χ3v) is 14.2. The number of rotatable bonds is 5. The topological polar surface area (TPSA) is 25.8 Å². The minimum atomic E-state index is -1.77. The van der Waals surface area contributed by atoms with Crippen molar-refractivity contribution in [1.29, 1.82) is 0 Å². The van der Waals surface area contributed by atoms with Gasteiger partial charge in [-0.1, -0.05) is 61.7 Å². The van der Waals surface area contributed by atoms with Crippen LogP contribution in [0, 0.1) is 26.0 Å². The predicted molar refractivity (Wildman–Crippen MR) is 202 cm³/mol. The number of pyridine rings is 2. The van der Waals surface area contributed by atoms with Crippen molar-refractivity contribution in [2.75, 3.05) is 0 Å². The number of hydrogen-bond acceptors (Lipinski definition) is 3. The molecule has 0 spiro atoms. The Morgan fingerprint density at radius 2 is 1.43 bits per heavy atom. The number of hydrogen-bond donors (Lipinski definition) is 0. The number of fused-ring (bicyclic) bond motifs is 3. The van der Waals surface area contributed by atoms with E-state index < -0.39 is 13.3 Å². The van der Waals surface area contributed by atoms with Crippen molar-refractivity contribution in [3.8, 4) is 33.6 Å². The second kappa shape index (κ2) is 14.8. The molecule has 0 amide bonds. The van der Waals surface area contributed by atoms with Crippen molar-refractivity contribution in [3.05, 3.63) is 138 Å². The van der Waals surface area contributed by atoms with Gasteiger partial charge in [-0.3, -0.25) is 0 Å². The summed E-state index contributed by atoms with van der Waals surface area (Å²) in [5.41, 5.74) is 10.7. The molecule has 0 N–H and O–H groups in total. The SMILES string of the molecule is Cc1cc(-c2[c-]cccc2)nc[c]1[Ge]([CH3])([CH3])[CH3].Cc1cnc(-c2[c-]ccc3c2sc2ccc(-c4ccccc4)cc23)cc1C(C)C.[Ir]. The zero-order chi connectivity index (χ0) is 32.4. The Morgan fingerprint density at radius 1 is 0.681 bits per heavy atom. The average Bonchev–Trinajstić information content (AvgIpc) is 3.44. The Balaban J connectivity index is 0.000000207. The minimum Gasteiger partial charge on any atom is -0.304 e. The van der Waals surface area contributed by atoms with Gasteiger partial charge >= 0.3 is 106 Å². The maximum absolute atomic E-state index is 4.75. The first-order valence-electron chi connectivity index (χ1n) is 15.9. The number of aryl methyl sites for hydroxylation is 2. The Hall–Kier alpha value is -3.41. The molecular formula is C42H40GeIrN2S-2. The fraction of sp³-hybridized carbons (Fsp3) is 0.190. The summed E-state index contributed by atoms with van der Waals surface area (Å²) in [5.74, 6) is 7.68. The predicted octanol–water partition coefficient (Wildman–Crippen LogP) is 11.4. The van der Waals surface area contributed by atoms with E-state index in [9.17, 15) is 0 Å². The number of nitrogens with zero attached hydrogens (tertiary/aromatic N) is 2. The molecule has 2 nitrogen and oxygen atoms in total. The van der Waals surface area contributed by atoms with Crippen LogP contribution in [0.1, 0.15) is 36.5 Å². The summed E-state index contributed by atoms with van der Waals surface area (Å²) in [4.78, 5) is 9.34. The molecule has 0 bridgehead atoms. The van der Waals surface area contributed by atoms with Crippen LogP contribution in [0.2, 0.25) is 17.3 Å². The molecular weight excluding hydrogens is 829 g/mol. The summed E-state index contributed by atoms with van der Waals surface area (Å²) in [6, 6.07) is 40.7. The molecule has 0 aliphatic rings. The maximum atomic E-state index is 4.75. The molecule has 5 heteroatoms. The molecule has 47 heavy (non-hydrogen) atoms. The summed E-state index contributed by atoms with van der Waals surface area (Å²) in [5, 5.41) is 2.59. The largest absolute Gasteiger partial charge is 0.304 e. The van der Waals surface area contributed by atoms with E-state index in [-0.39, 0.29) is 20.1 Å². The fourth-order valence-corrected chi connectivity index (χ4v) is 10.9. The van der Waals surface area contributed by atoms with Crippen molar-refractivity contribution in [1.82, 2.24) is 9.97 Å². The van der Waals surface area contributed by atoms with Crippen molar-refractivity contribution in [3.63, 3.8) is 0 Å². The van der Waals surface area contributed by atoms with Crippen LogP contribution in [0.25, 0.3) is 53.8 Å². The van der Waals surface area contributed by atoms with E-state index in [2.05, 4.69) is 141 Å². The van der Waals surface area contributed by atoms with Crippen LogP contribution in [0.4, 0.5) is 0 Å². The van der Waals surface area contributed by atoms with Crippen molar-refractivity contribution in [2.45, 2.75) is 50.9 Å². The molecule has 0 atom stereocenters. The molecule has 0 saturated carbocycles. The van der Waals surface area contributed by atoms with E-state index in [1.165, 1.54) is 52.4 Å². The zero-order valence-corrected chi connectivity index (χ0v) is 33.4. The summed E-state index contributed by atoms with van der Waals surface area (Å²) < 4.78 is 4.06. The molecule has 0 fully saturated rings. The van der Waals surface area contributed by atoms with Gasteiger partial charge in [0.2, 0.25) is 0 Å². The summed E-state index contributed by atoms with van der Waals surface area (Å²) in [7, 11) is 0. The van der Waals surface area contributed by atoms with Gasteiger partial charge in [-0.25, -0.2) is 0 Å². The van der Waals surface area contributed by atoms with Crippen LogP contribution < -0.4 is 4.40 Å². The molecule has 0 aliphatic carbocycles. The molecule has 0 unspecified atom stereocenters. The third-order valence-electron chi connectivity index (χ3n) is 8.47. The van der Waals surface area contributed by atoms with Crippen LogP contribution in [0.15, 0.2) is 109 Å². The minimum absolute atomic E-state index is 0. The molecule has 0 aliphatic heterocycles. The molecule has 3 aromatic heterocycles. The monoisotopic (exact) mass is 871 g/mol. The van der Waals surface area contributed by atoms with Gasteiger partial charge in [-0.15, -0.1) is 23.8 Å². The van der Waals surface area contributed by atoms with Crippen LogP contribution in [-0.2, 0) is 20.1 Å². The fourth-order valence-electron chi connectivity index (χ4n) is 6.08. The van der Waals surface area contributed by atoms with E-state index in [1.54, 1.807) is 0 Å². The molecule has 239 valence electrons. The molecule has 1 radical (unpaired) electrons. The maximum Gasteiger partial charge on any atom is 0.0240 e. The van der Waals surface area contributed by atoms with Gasteiger partial charge in [0.1, 0.15) is 0 Å². The zero-order valence-electron chi connectivity index (χ0n) is 28.1. The van der Waals surface area contributed by atoms with Crippen molar-refractivity contribution in [2.24, 2.45) is 0 Å². The average molecular weight is 870 g/mol. The summed E-state index contributed by atoms with van der Waals surface area (Å²) in [6.07, 6.45) is 4.07. The number of aromatic nitrogens is 2. The second-order valence-electron chi connectivity index (χ2n) is 13.3. The Bertz CT molecular complexity index is 2130. The van der Waals surface area contributed by atoms with Gasteiger partial charge in [-0.05, 0) is 63.0 Å². The van der Waals surface area contributed by atoms with Gasteiger partial charge in [0.05, 0.1) is 0 Å². The van der Waals surface area contributed by atoms with E-state index >= 15 is 0 Å².